The van der Waals surface area contributed by atoms with Crippen LogP contribution >= 0.6 is 11.3 Å². The Hall–Kier alpha value is -3.23. The van der Waals surface area contributed by atoms with Gasteiger partial charge in [-0.2, -0.15) is 0 Å². The van der Waals surface area contributed by atoms with Crippen LogP contribution in [0.15, 0.2) is 31.0 Å². The van der Waals surface area contributed by atoms with Crippen LogP contribution in [-0.4, -0.2) is 64.3 Å². The van der Waals surface area contributed by atoms with Crippen LogP contribution < -0.4 is 14.8 Å². The predicted molar refractivity (Wildman–Crippen MR) is 131 cm³/mol. The number of nitrogens with one attached hydrogen (secondary N) is 2. The molecule has 2 aliphatic rings. The first-order valence-electron chi connectivity index (χ1n) is 11.6. The first-order chi connectivity index (χ1) is 17.4. The van der Waals surface area contributed by atoms with Gasteiger partial charge in [0.1, 0.15) is 17.8 Å². The van der Waals surface area contributed by atoms with Crippen LogP contribution in [0.25, 0.3) is 10.6 Å². The monoisotopic (exact) mass is 531 g/mol. The third kappa shape index (κ3) is 5.60. The molecular weight excluding hydrogens is 506 g/mol. The molecule has 2 fully saturated rings. The Morgan fingerprint density at radius 2 is 2.08 bits per heavy atom. The van der Waals surface area contributed by atoms with Gasteiger partial charge in [0.05, 0.1) is 47.5 Å². The van der Waals surface area contributed by atoms with E-state index in [9.17, 15) is 13.2 Å². The zero-order valence-electron chi connectivity index (χ0n) is 19.5. The SMILES string of the molecule is CCOc1cncc(-c2cnc(C(=O)N[C@H](c3cc(NS(=O)(=O)C4CC4)ncn3)[C@H]3CCOC3)s2)n1. The zero-order chi connectivity index (χ0) is 25.1. The number of hydrogen-bond acceptors (Lipinski definition) is 11. The highest BCUT2D eigenvalue weighted by Gasteiger charge is 2.36. The molecule has 1 aliphatic carbocycles. The lowest BCUT2D eigenvalue weighted by Gasteiger charge is -2.23. The number of rotatable bonds is 10. The minimum atomic E-state index is -3.48. The second kappa shape index (κ2) is 10.4. The first kappa shape index (κ1) is 24.5. The minimum Gasteiger partial charge on any atom is -0.477 e. The number of sulfonamides is 1. The van der Waals surface area contributed by atoms with E-state index in [0.29, 0.717) is 54.8 Å². The van der Waals surface area contributed by atoms with Crippen molar-refractivity contribution < 1.29 is 22.7 Å². The molecule has 3 aromatic rings. The van der Waals surface area contributed by atoms with Crippen molar-refractivity contribution in [2.24, 2.45) is 5.92 Å². The van der Waals surface area contributed by atoms with Crippen molar-refractivity contribution in [2.75, 3.05) is 24.5 Å². The number of anilines is 1. The van der Waals surface area contributed by atoms with E-state index < -0.39 is 16.1 Å². The summed E-state index contributed by atoms with van der Waals surface area (Å²) in [6, 6.07) is 1.05. The van der Waals surface area contributed by atoms with Gasteiger partial charge in [-0.25, -0.2) is 28.4 Å². The largest absolute Gasteiger partial charge is 0.477 e. The van der Waals surface area contributed by atoms with Gasteiger partial charge >= 0.3 is 0 Å². The van der Waals surface area contributed by atoms with Crippen LogP contribution in [0, 0.1) is 5.92 Å². The second-order valence-electron chi connectivity index (χ2n) is 8.45. The van der Waals surface area contributed by atoms with Crippen molar-refractivity contribution in [3.05, 3.63) is 41.7 Å². The van der Waals surface area contributed by atoms with E-state index in [2.05, 4.69) is 35.0 Å². The maximum absolute atomic E-state index is 13.2. The Balaban J connectivity index is 1.35. The third-order valence-corrected chi connectivity index (χ3v) is 8.66. The van der Waals surface area contributed by atoms with Crippen molar-refractivity contribution in [3.63, 3.8) is 0 Å². The van der Waals surface area contributed by atoms with Crippen molar-refractivity contribution in [2.45, 2.75) is 37.5 Å². The molecule has 1 saturated heterocycles. The lowest BCUT2D eigenvalue weighted by atomic mass is 9.95. The molecule has 0 bridgehead atoms. The summed E-state index contributed by atoms with van der Waals surface area (Å²) in [6.45, 7) is 3.34. The summed E-state index contributed by atoms with van der Waals surface area (Å²) in [5.41, 5.74) is 1.05. The lowest BCUT2D eigenvalue weighted by molar-refractivity contribution is 0.0914. The van der Waals surface area contributed by atoms with E-state index in [0.717, 1.165) is 6.42 Å². The Morgan fingerprint density at radius 1 is 1.22 bits per heavy atom. The number of aromatic nitrogens is 5. The van der Waals surface area contributed by atoms with Crippen LogP contribution in [0.1, 0.15) is 47.7 Å². The second-order valence-corrected chi connectivity index (χ2v) is 11.4. The molecule has 4 heterocycles. The molecule has 0 unspecified atom stereocenters. The fourth-order valence-corrected chi connectivity index (χ4v) is 5.94. The molecule has 36 heavy (non-hydrogen) atoms. The molecule has 1 amide bonds. The molecule has 0 radical (unpaired) electrons. The van der Waals surface area contributed by atoms with E-state index in [1.165, 1.54) is 23.9 Å². The van der Waals surface area contributed by atoms with Crippen LogP contribution in [-0.2, 0) is 14.8 Å². The number of carbonyl (C=O) groups excluding carboxylic acids is 1. The standard InChI is InChI=1S/C22H25N7O5S2/c1-2-34-19-10-23-8-16(27-19)17-9-24-22(35-17)21(30)28-20(13-5-6-33-11-13)15-7-18(26-12-25-15)29-36(31,32)14-3-4-14/h7-10,12-14,20H,2-6,11H2,1H3,(H,28,30)(H,25,26,29)/t13-,20-/m0/s1. The molecule has 12 nitrogen and oxygen atoms in total. The van der Waals surface area contributed by atoms with Gasteiger partial charge in [-0.3, -0.25) is 14.5 Å². The van der Waals surface area contributed by atoms with Crippen molar-refractivity contribution >= 4 is 33.1 Å². The summed E-state index contributed by atoms with van der Waals surface area (Å²) in [6.07, 6.45) is 7.98. The predicted octanol–water partition coefficient (Wildman–Crippen LogP) is 2.20. The summed E-state index contributed by atoms with van der Waals surface area (Å²) < 4.78 is 38.2. The van der Waals surface area contributed by atoms with Gasteiger partial charge in [-0.1, -0.05) is 0 Å². The van der Waals surface area contributed by atoms with Crippen molar-refractivity contribution in [3.8, 4) is 16.5 Å². The Labute approximate surface area is 212 Å². The van der Waals surface area contributed by atoms with Gasteiger partial charge in [-0.15, -0.1) is 11.3 Å². The highest BCUT2D eigenvalue weighted by molar-refractivity contribution is 7.93. The quantitative estimate of drug-likeness (QED) is 0.397. The van der Waals surface area contributed by atoms with Crippen LogP contribution in [0.2, 0.25) is 0 Å². The lowest BCUT2D eigenvalue weighted by Crippen LogP contribution is -2.34. The van der Waals surface area contributed by atoms with E-state index in [1.54, 1.807) is 18.5 Å². The summed E-state index contributed by atoms with van der Waals surface area (Å²) >= 11 is 1.18. The van der Waals surface area contributed by atoms with Crippen LogP contribution in [0.3, 0.4) is 0 Å². The molecule has 0 spiro atoms. The number of amides is 1. The molecule has 5 rings (SSSR count). The Bertz CT molecular complexity index is 1340. The van der Waals surface area contributed by atoms with E-state index in [1.807, 2.05) is 6.92 Å². The van der Waals surface area contributed by atoms with Crippen LogP contribution in [0.4, 0.5) is 5.82 Å². The Morgan fingerprint density at radius 3 is 2.83 bits per heavy atom. The smallest absolute Gasteiger partial charge is 0.280 e. The normalized spacial score (nSPS) is 18.5. The highest BCUT2D eigenvalue weighted by atomic mass is 32.2. The molecule has 0 aromatic carbocycles. The number of hydrogen-bond donors (Lipinski definition) is 2. The van der Waals surface area contributed by atoms with Crippen LogP contribution in [0.5, 0.6) is 5.88 Å². The number of nitrogens with zero attached hydrogens (tertiary/aromatic N) is 5. The minimum absolute atomic E-state index is 0.0371. The summed E-state index contributed by atoms with van der Waals surface area (Å²) in [5, 5.41) is 2.88. The summed E-state index contributed by atoms with van der Waals surface area (Å²) in [7, 11) is -3.48. The molecule has 190 valence electrons. The van der Waals surface area contributed by atoms with Gasteiger partial charge in [0, 0.05) is 24.8 Å². The molecule has 2 N–H and O–H groups in total. The first-order valence-corrected chi connectivity index (χ1v) is 13.9. The molecule has 14 heteroatoms. The van der Waals surface area contributed by atoms with Gasteiger partial charge < -0.3 is 14.8 Å². The summed E-state index contributed by atoms with van der Waals surface area (Å²) in [5.74, 6) is 0.155. The number of thiazole rings is 1. The number of carbonyl (C=O) groups is 1. The Kier molecular flexibility index (Phi) is 7.07. The fraction of sp³-hybridized carbons (Fsp3) is 0.455. The van der Waals surface area contributed by atoms with Gasteiger partial charge in [-0.05, 0) is 26.2 Å². The highest BCUT2D eigenvalue weighted by Crippen LogP contribution is 2.32. The molecular formula is C22H25N7O5S2. The van der Waals surface area contributed by atoms with Gasteiger partial charge in [0.15, 0.2) is 5.01 Å². The van der Waals surface area contributed by atoms with E-state index in [4.69, 9.17) is 9.47 Å². The van der Waals surface area contributed by atoms with E-state index in [-0.39, 0.29) is 27.9 Å². The average molecular weight is 532 g/mol. The maximum atomic E-state index is 13.2. The maximum Gasteiger partial charge on any atom is 0.280 e. The molecule has 1 aliphatic heterocycles. The van der Waals surface area contributed by atoms with Crippen molar-refractivity contribution in [1.29, 1.82) is 0 Å². The average Bonchev–Trinajstić information content (AvgIpc) is 3.38. The number of ether oxygens (including phenoxy) is 2. The molecule has 1 saturated carbocycles. The molecule has 3 aromatic heterocycles. The van der Waals surface area contributed by atoms with Gasteiger partial charge in [0.2, 0.25) is 15.9 Å². The third-order valence-electron chi connectivity index (χ3n) is 5.80. The fourth-order valence-electron chi connectivity index (χ4n) is 3.84. The topological polar surface area (TPSA) is 158 Å². The zero-order valence-corrected chi connectivity index (χ0v) is 21.1. The van der Waals surface area contributed by atoms with E-state index >= 15 is 0 Å². The summed E-state index contributed by atoms with van der Waals surface area (Å²) in [4.78, 5) is 35.1. The van der Waals surface area contributed by atoms with Gasteiger partial charge in [0.25, 0.3) is 5.91 Å². The molecule has 2 atom stereocenters. The van der Waals surface area contributed by atoms with Crippen molar-refractivity contribution in [1.82, 2.24) is 30.2 Å².